The smallest absolute Gasteiger partial charge is 0.407 e. The number of anilines is 3. The third-order valence-electron chi connectivity index (χ3n) is 4.30. The first-order valence-corrected chi connectivity index (χ1v) is 11.2. The van der Waals surface area contributed by atoms with Gasteiger partial charge in [-0.05, 0) is 33.1 Å². The van der Waals surface area contributed by atoms with E-state index in [9.17, 15) is 13.2 Å². The molecule has 1 aliphatic carbocycles. The van der Waals surface area contributed by atoms with Crippen molar-refractivity contribution in [2.75, 3.05) is 16.3 Å². The van der Waals surface area contributed by atoms with Crippen LogP contribution in [0.15, 0.2) is 18.5 Å². The Morgan fingerprint density at radius 1 is 1.28 bits per heavy atom. The summed E-state index contributed by atoms with van der Waals surface area (Å²) in [7, 11) is -3.38. The summed E-state index contributed by atoms with van der Waals surface area (Å²) in [6, 6.07) is 1.91. The van der Waals surface area contributed by atoms with Crippen molar-refractivity contribution in [3.8, 4) is 0 Å². The van der Waals surface area contributed by atoms with Gasteiger partial charge >= 0.3 is 6.09 Å². The zero-order valence-electron chi connectivity index (χ0n) is 16.5. The van der Waals surface area contributed by atoms with Crippen LogP contribution in [0.4, 0.5) is 22.2 Å². The minimum absolute atomic E-state index is 0.0411. The van der Waals surface area contributed by atoms with Crippen LogP contribution in [0.3, 0.4) is 0 Å². The molecule has 2 atom stereocenters. The highest BCUT2D eigenvalue weighted by Gasteiger charge is 2.30. The van der Waals surface area contributed by atoms with Crippen LogP contribution in [0.25, 0.3) is 0 Å². The average molecular weight is 423 g/mol. The highest BCUT2D eigenvalue weighted by molar-refractivity contribution is 7.92. The maximum absolute atomic E-state index is 11.7. The fraction of sp³-hybridized carbons (Fsp3) is 0.529. The molecule has 1 aliphatic rings. The van der Waals surface area contributed by atoms with Crippen LogP contribution in [0, 0.1) is 0 Å². The van der Waals surface area contributed by atoms with Gasteiger partial charge in [0.25, 0.3) is 0 Å². The molecule has 2 aromatic heterocycles. The molecule has 12 heteroatoms. The van der Waals surface area contributed by atoms with Crippen LogP contribution in [-0.2, 0) is 14.8 Å². The van der Waals surface area contributed by atoms with E-state index in [0.29, 0.717) is 11.8 Å². The van der Waals surface area contributed by atoms with Gasteiger partial charge in [-0.3, -0.25) is 9.82 Å². The number of alkyl carbamates (subject to hydrolysis) is 1. The number of carbonyl (C=O) groups excluding carboxylic acids is 1. The number of carbonyl (C=O) groups is 1. The van der Waals surface area contributed by atoms with E-state index in [1.807, 2.05) is 19.9 Å². The zero-order chi connectivity index (χ0) is 21.0. The number of amides is 1. The maximum Gasteiger partial charge on any atom is 0.407 e. The molecular formula is C17H25N7O4S. The number of nitrogens with one attached hydrogen (secondary N) is 4. The van der Waals surface area contributed by atoms with E-state index in [1.54, 1.807) is 0 Å². The fourth-order valence-corrected chi connectivity index (χ4v) is 3.67. The monoisotopic (exact) mass is 423 g/mol. The van der Waals surface area contributed by atoms with Gasteiger partial charge in [0.15, 0.2) is 5.82 Å². The van der Waals surface area contributed by atoms with Gasteiger partial charge in [-0.2, -0.15) is 5.10 Å². The molecule has 1 fully saturated rings. The van der Waals surface area contributed by atoms with E-state index in [-0.39, 0.29) is 29.8 Å². The van der Waals surface area contributed by atoms with Gasteiger partial charge in [0.1, 0.15) is 6.10 Å². The van der Waals surface area contributed by atoms with Gasteiger partial charge in [-0.25, -0.2) is 23.2 Å². The first kappa shape index (κ1) is 20.8. The van der Waals surface area contributed by atoms with Crippen molar-refractivity contribution in [2.45, 2.75) is 51.2 Å². The number of aromatic amines is 1. The summed E-state index contributed by atoms with van der Waals surface area (Å²) >= 11 is 0. The summed E-state index contributed by atoms with van der Waals surface area (Å²) in [5, 5.41) is 12.9. The van der Waals surface area contributed by atoms with Crippen LogP contribution in [0.5, 0.6) is 0 Å². The number of hydrogen-bond donors (Lipinski definition) is 4. The SMILES string of the molecule is CC(C)NC(=O)O[C@@H]1CC[C@H](c2cc(Nc3ncc(NS(C)(=O)=O)cn3)n[nH]2)C1. The third kappa shape index (κ3) is 6.31. The number of ether oxygens (including phenoxy) is 1. The Hall–Kier alpha value is -2.89. The van der Waals surface area contributed by atoms with Crippen molar-refractivity contribution < 1.29 is 17.9 Å². The van der Waals surface area contributed by atoms with Crippen LogP contribution in [0.1, 0.15) is 44.7 Å². The van der Waals surface area contributed by atoms with E-state index in [2.05, 4.69) is 35.5 Å². The summed E-state index contributed by atoms with van der Waals surface area (Å²) in [5.74, 6) is 1.06. The summed E-state index contributed by atoms with van der Waals surface area (Å²) in [4.78, 5) is 19.9. The van der Waals surface area contributed by atoms with Crippen LogP contribution in [0.2, 0.25) is 0 Å². The second kappa shape index (κ2) is 8.64. The number of aromatic nitrogens is 4. The summed E-state index contributed by atoms with van der Waals surface area (Å²) < 4.78 is 30.2. The van der Waals surface area contributed by atoms with Gasteiger partial charge < -0.3 is 15.4 Å². The average Bonchev–Trinajstić information content (AvgIpc) is 3.24. The second-order valence-corrected chi connectivity index (χ2v) is 9.09. The van der Waals surface area contributed by atoms with Crippen molar-refractivity contribution in [1.29, 1.82) is 0 Å². The molecule has 3 rings (SSSR count). The Balaban J connectivity index is 1.54. The number of nitrogens with zero attached hydrogens (tertiary/aromatic N) is 3. The maximum atomic E-state index is 11.7. The molecule has 1 saturated carbocycles. The molecule has 0 spiro atoms. The van der Waals surface area contributed by atoms with Gasteiger partial charge in [-0.1, -0.05) is 0 Å². The van der Waals surface area contributed by atoms with Crippen LogP contribution < -0.4 is 15.4 Å². The lowest BCUT2D eigenvalue weighted by atomic mass is 10.0. The molecule has 0 aromatic carbocycles. The standard InChI is InChI=1S/C17H25N7O4S/c1-10(2)20-17(25)28-13-5-4-11(6-13)14-7-15(23-22-14)21-16-18-8-12(9-19-16)24-29(3,26)27/h7-11,13,24H,4-6H2,1-3H3,(H,20,25)(H2,18,19,21,22,23)/t11-,13+/m0/s1. The Kier molecular flexibility index (Phi) is 6.20. The first-order chi connectivity index (χ1) is 13.7. The fourth-order valence-electron chi connectivity index (χ4n) is 3.13. The second-order valence-electron chi connectivity index (χ2n) is 7.34. The normalized spacial score (nSPS) is 19.2. The summed E-state index contributed by atoms with van der Waals surface area (Å²) in [6.07, 6.45) is 5.71. The molecular weight excluding hydrogens is 398 g/mol. The Bertz CT molecular complexity index is 943. The number of rotatable bonds is 7. The van der Waals surface area contributed by atoms with Crippen molar-refractivity contribution >= 4 is 33.6 Å². The molecule has 158 valence electrons. The zero-order valence-corrected chi connectivity index (χ0v) is 17.3. The predicted molar refractivity (Wildman–Crippen MR) is 108 cm³/mol. The predicted octanol–water partition coefficient (Wildman–Crippen LogP) is 2.09. The minimum atomic E-state index is -3.38. The molecule has 11 nitrogen and oxygen atoms in total. The molecule has 0 radical (unpaired) electrons. The molecule has 0 saturated heterocycles. The molecule has 0 unspecified atom stereocenters. The third-order valence-corrected chi connectivity index (χ3v) is 4.90. The molecule has 2 aromatic rings. The van der Waals surface area contributed by atoms with Crippen molar-refractivity contribution in [2.24, 2.45) is 0 Å². The van der Waals surface area contributed by atoms with E-state index < -0.39 is 10.0 Å². The minimum Gasteiger partial charge on any atom is -0.446 e. The molecule has 0 aliphatic heterocycles. The number of hydrogen-bond acceptors (Lipinski definition) is 8. The van der Waals surface area contributed by atoms with E-state index >= 15 is 0 Å². The Morgan fingerprint density at radius 2 is 2.00 bits per heavy atom. The van der Waals surface area contributed by atoms with Crippen LogP contribution in [-0.4, -0.2) is 53.1 Å². The Morgan fingerprint density at radius 3 is 2.66 bits per heavy atom. The Labute approximate surface area is 169 Å². The quantitative estimate of drug-likeness (QED) is 0.528. The van der Waals surface area contributed by atoms with Crippen molar-refractivity contribution in [3.05, 3.63) is 24.2 Å². The number of sulfonamides is 1. The first-order valence-electron chi connectivity index (χ1n) is 9.27. The van der Waals surface area contributed by atoms with Crippen LogP contribution >= 0.6 is 0 Å². The van der Waals surface area contributed by atoms with Crippen molar-refractivity contribution in [1.82, 2.24) is 25.5 Å². The highest BCUT2D eigenvalue weighted by Crippen LogP contribution is 2.36. The van der Waals surface area contributed by atoms with Crippen molar-refractivity contribution in [3.63, 3.8) is 0 Å². The summed E-state index contributed by atoms with van der Waals surface area (Å²) in [5.41, 5.74) is 1.22. The molecule has 2 heterocycles. The van der Waals surface area contributed by atoms with E-state index in [4.69, 9.17) is 4.74 Å². The van der Waals surface area contributed by atoms with E-state index in [1.165, 1.54) is 12.4 Å². The van der Waals surface area contributed by atoms with Gasteiger partial charge in [0.2, 0.25) is 16.0 Å². The van der Waals surface area contributed by atoms with E-state index in [0.717, 1.165) is 31.2 Å². The number of H-pyrrole nitrogens is 1. The van der Waals surface area contributed by atoms with Gasteiger partial charge in [-0.15, -0.1) is 0 Å². The lowest BCUT2D eigenvalue weighted by molar-refractivity contribution is 0.0981. The van der Waals surface area contributed by atoms with Gasteiger partial charge in [0.05, 0.1) is 24.3 Å². The molecule has 29 heavy (non-hydrogen) atoms. The molecule has 4 N–H and O–H groups in total. The highest BCUT2D eigenvalue weighted by atomic mass is 32.2. The lowest BCUT2D eigenvalue weighted by Crippen LogP contribution is -2.33. The largest absolute Gasteiger partial charge is 0.446 e. The topological polar surface area (TPSA) is 151 Å². The summed E-state index contributed by atoms with van der Waals surface area (Å²) in [6.45, 7) is 3.77. The molecule has 1 amide bonds. The van der Waals surface area contributed by atoms with Gasteiger partial charge in [0, 0.05) is 23.7 Å². The lowest BCUT2D eigenvalue weighted by Gasteiger charge is -2.14. The molecule has 0 bridgehead atoms.